The molecule has 0 heterocycles. The summed E-state index contributed by atoms with van der Waals surface area (Å²) in [6, 6.07) is 0. The van der Waals surface area contributed by atoms with Crippen LogP contribution in [0.1, 0.15) is 25.7 Å². The third-order valence-corrected chi connectivity index (χ3v) is 5.24. The number of alkyl halides is 1. The zero-order chi connectivity index (χ0) is 9.73. The van der Waals surface area contributed by atoms with Crippen molar-refractivity contribution < 1.29 is 8.42 Å². The van der Waals surface area contributed by atoms with E-state index in [0.29, 0.717) is 11.3 Å². The lowest BCUT2D eigenvalue weighted by Crippen LogP contribution is -2.05. The van der Waals surface area contributed by atoms with Crippen LogP contribution in [-0.2, 0) is 9.84 Å². The number of rotatable bonds is 2. The Morgan fingerprint density at radius 2 is 1.92 bits per heavy atom. The number of allylic oxidation sites excluding steroid dienone is 4. The molecular formula is C9H13BrO2S. The summed E-state index contributed by atoms with van der Waals surface area (Å²) in [5.74, 6) is 0. The Labute approximate surface area is 87.8 Å². The SMILES string of the molecule is O=S(=O)(CBr)/C1=C/CC/C=C\CC1. The molecule has 0 spiro atoms. The van der Waals surface area contributed by atoms with Crippen molar-refractivity contribution in [3.05, 3.63) is 23.1 Å². The van der Waals surface area contributed by atoms with Gasteiger partial charge in [-0.3, -0.25) is 0 Å². The van der Waals surface area contributed by atoms with Gasteiger partial charge in [0, 0.05) is 4.91 Å². The molecule has 0 aromatic rings. The molecule has 0 amide bonds. The zero-order valence-electron chi connectivity index (χ0n) is 7.37. The van der Waals surface area contributed by atoms with Crippen LogP contribution in [-0.4, -0.2) is 13.1 Å². The first-order valence-electron chi connectivity index (χ1n) is 4.29. The topological polar surface area (TPSA) is 34.1 Å². The highest BCUT2D eigenvalue weighted by atomic mass is 79.9. The van der Waals surface area contributed by atoms with Gasteiger partial charge in [-0.05, 0) is 25.7 Å². The molecule has 2 nitrogen and oxygen atoms in total. The van der Waals surface area contributed by atoms with Crippen molar-refractivity contribution in [2.45, 2.75) is 25.7 Å². The zero-order valence-corrected chi connectivity index (χ0v) is 9.77. The molecule has 0 saturated heterocycles. The van der Waals surface area contributed by atoms with Gasteiger partial charge in [-0.2, -0.15) is 0 Å². The number of sulfone groups is 1. The molecule has 0 radical (unpaired) electrons. The fourth-order valence-corrected chi connectivity index (χ4v) is 3.08. The standard InChI is InChI=1S/C9H13BrO2S/c10-8-13(11,12)9-6-4-2-1-3-5-7-9/h1-2,7H,3-6,8H2/b2-1-,9-7+. The molecular weight excluding hydrogens is 252 g/mol. The smallest absolute Gasteiger partial charge is 0.184 e. The monoisotopic (exact) mass is 264 g/mol. The van der Waals surface area contributed by atoms with Crippen molar-refractivity contribution in [2.75, 3.05) is 4.66 Å². The van der Waals surface area contributed by atoms with Crippen LogP contribution >= 0.6 is 15.9 Å². The van der Waals surface area contributed by atoms with E-state index in [1.54, 1.807) is 0 Å². The number of hydrogen-bond acceptors (Lipinski definition) is 2. The Kier molecular flexibility index (Phi) is 4.19. The maximum Gasteiger partial charge on any atom is 0.184 e. The van der Waals surface area contributed by atoms with Crippen molar-refractivity contribution in [3.63, 3.8) is 0 Å². The minimum Gasteiger partial charge on any atom is -0.223 e. The third-order valence-electron chi connectivity index (χ3n) is 1.97. The fourth-order valence-electron chi connectivity index (χ4n) is 1.26. The lowest BCUT2D eigenvalue weighted by molar-refractivity contribution is 0.604. The molecule has 0 aliphatic heterocycles. The highest BCUT2D eigenvalue weighted by molar-refractivity contribution is 9.10. The fraction of sp³-hybridized carbons (Fsp3) is 0.556. The summed E-state index contributed by atoms with van der Waals surface area (Å²) in [6.45, 7) is 0. The predicted molar refractivity (Wildman–Crippen MR) is 58.4 cm³/mol. The van der Waals surface area contributed by atoms with Gasteiger partial charge in [-0.1, -0.05) is 34.2 Å². The van der Waals surface area contributed by atoms with Crippen LogP contribution in [0.2, 0.25) is 0 Å². The van der Waals surface area contributed by atoms with Crippen LogP contribution in [0.4, 0.5) is 0 Å². The van der Waals surface area contributed by atoms with Crippen LogP contribution in [0, 0.1) is 0 Å². The number of hydrogen-bond donors (Lipinski definition) is 0. The lowest BCUT2D eigenvalue weighted by Gasteiger charge is -2.07. The van der Waals surface area contributed by atoms with E-state index in [1.165, 1.54) is 0 Å². The molecule has 0 aromatic carbocycles. The van der Waals surface area contributed by atoms with Crippen molar-refractivity contribution in [2.24, 2.45) is 0 Å². The highest BCUT2D eigenvalue weighted by Gasteiger charge is 2.15. The maximum absolute atomic E-state index is 11.5. The minimum atomic E-state index is -3.02. The minimum absolute atomic E-state index is 0.0372. The first-order valence-corrected chi connectivity index (χ1v) is 7.07. The van der Waals surface area contributed by atoms with Gasteiger partial charge < -0.3 is 0 Å². The summed E-state index contributed by atoms with van der Waals surface area (Å²) in [6.07, 6.45) is 9.26. The average Bonchev–Trinajstić information content (AvgIpc) is 2.03. The predicted octanol–water partition coefficient (Wildman–Crippen LogP) is 2.77. The molecule has 0 aromatic heterocycles. The molecule has 0 N–H and O–H groups in total. The molecule has 4 heteroatoms. The molecule has 1 aliphatic rings. The van der Waals surface area contributed by atoms with Gasteiger partial charge in [-0.25, -0.2) is 8.42 Å². The van der Waals surface area contributed by atoms with Gasteiger partial charge in [0.2, 0.25) is 0 Å². The molecule has 13 heavy (non-hydrogen) atoms. The second-order valence-corrected chi connectivity index (χ2v) is 6.33. The molecule has 0 unspecified atom stereocenters. The van der Waals surface area contributed by atoms with Gasteiger partial charge in [0.15, 0.2) is 9.84 Å². The van der Waals surface area contributed by atoms with E-state index in [1.807, 2.05) is 6.08 Å². The highest BCUT2D eigenvalue weighted by Crippen LogP contribution is 2.19. The van der Waals surface area contributed by atoms with Crippen molar-refractivity contribution in [1.29, 1.82) is 0 Å². The van der Waals surface area contributed by atoms with Gasteiger partial charge in [0.1, 0.15) is 4.66 Å². The second kappa shape index (κ2) is 4.96. The van der Waals surface area contributed by atoms with Crippen LogP contribution in [0.5, 0.6) is 0 Å². The van der Waals surface area contributed by atoms with Crippen molar-refractivity contribution >= 4 is 25.8 Å². The Balaban J connectivity index is 2.79. The summed E-state index contributed by atoms with van der Waals surface area (Å²) in [4.78, 5) is 0.591. The third kappa shape index (κ3) is 3.27. The Morgan fingerprint density at radius 1 is 1.23 bits per heavy atom. The summed E-state index contributed by atoms with van der Waals surface area (Å²) in [7, 11) is -3.02. The molecule has 0 fully saturated rings. The van der Waals surface area contributed by atoms with E-state index >= 15 is 0 Å². The summed E-state index contributed by atoms with van der Waals surface area (Å²) in [5, 5.41) is 0. The Hall–Kier alpha value is -0.0900. The van der Waals surface area contributed by atoms with Gasteiger partial charge in [0.05, 0.1) is 0 Å². The van der Waals surface area contributed by atoms with Crippen LogP contribution < -0.4 is 0 Å². The Bertz CT molecular complexity index is 315. The maximum atomic E-state index is 11.5. The molecule has 74 valence electrons. The van der Waals surface area contributed by atoms with Crippen LogP contribution in [0.3, 0.4) is 0 Å². The van der Waals surface area contributed by atoms with Gasteiger partial charge in [-0.15, -0.1) is 0 Å². The second-order valence-electron chi connectivity index (χ2n) is 2.98. The van der Waals surface area contributed by atoms with E-state index < -0.39 is 9.84 Å². The van der Waals surface area contributed by atoms with Crippen molar-refractivity contribution in [1.82, 2.24) is 0 Å². The first kappa shape index (κ1) is 11.0. The molecule has 0 atom stereocenters. The van der Waals surface area contributed by atoms with E-state index in [2.05, 4.69) is 28.1 Å². The molecule has 0 saturated carbocycles. The summed E-state index contributed by atoms with van der Waals surface area (Å²) < 4.78 is 23.0. The van der Waals surface area contributed by atoms with Crippen LogP contribution in [0.15, 0.2) is 23.1 Å². The molecule has 1 aliphatic carbocycles. The van der Waals surface area contributed by atoms with Crippen LogP contribution in [0.25, 0.3) is 0 Å². The van der Waals surface area contributed by atoms with E-state index in [-0.39, 0.29) is 4.66 Å². The lowest BCUT2D eigenvalue weighted by atomic mass is 10.1. The normalized spacial score (nSPS) is 25.5. The van der Waals surface area contributed by atoms with E-state index in [4.69, 9.17) is 0 Å². The average molecular weight is 265 g/mol. The first-order chi connectivity index (χ1) is 6.17. The van der Waals surface area contributed by atoms with Crippen molar-refractivity contribution in [3.8, 4) is 0 Å². The summed E-state index contributed by atoms with van der Waals surface area (Å²) in [5.41, 5.74) is 0. The Morgan fingerprint density at radius 3 is 2.62 bits per heavy atom. The molecule has 0 bridgehead atoms. The van der Waals surface area contributed by atoms with E-state index in [0.717, 1.165) is 19.3 Å². The van der Waals surface area contributed by atoms with E-state index in [9.17, 15) is 8.42 Å². The van der Waals surface area contributed by atoms with Gasteiger partial charge in [0.25, 0.3) is 0 Å². The largest absolute Gasteiger partial charge is 0.223 e. The summed E-state index contributed by atoms with van der Waals surface area (Å²) >= 11 is 3.00. The van der Waals surface area contributed by atoms with Gasteiger partial charge >= 0.3 is 0 Å². The molecule has 1 rings (SSSR count). The number of halogens is 1. The quantitative estimate of drug-likeness (QED) is 0.568.